The van der Waals surface area contributed by atoms with Gasteiger partial charge in [-0.15, -0.1) is 21.5 Å². The number of thiophene rings is 1. The molecule has 1 aromatic carbocycles. The van der Waals surface area contributed by atoms with Crippen LogP contribution in [-0.2, 0) is 6.54 Å². The first-order chi connectivity index (χ1) is 13.8. The van der Waals surface area contributed by atoms with E-state index in [0.29, 0.717) is 5.76 Å². The molecule has 0 saturated heterocycles. The van der Waals surface area contributed by atoms with Crippen molar-refractivity contribution in [1.82, 2.24) is 24.7 Å². The van der Waals surface area contributed by atoms with Crippen molar-refractivity contribution in [3.8, 4) is 22.0 Å². The Morgan fingerprint density at radius 3 is 2.75 bits per heavy atom. The van der Waals surface area contributed by atoms with Gasteiger partial charge < -0.3 is 4.42 Å². The number of rotatable bonds is 5. The maximum atomic E-state index is 5.49. The highest BCUT2D eigenvalue weighted by Gasteiger charge is 2.18. The summed E-state index contributed by atoms with van der Waals surface area (Å²) in [6.45, 7) is 2.80. The maximum Gasteiger partial charge on any atom is 0.200 e. The van der Waals surface area contributed by atoms with Crippen molar-refractivity contribution >= 4 is 33.3 Å². The minimum absolute atomic E-state index is 0.705. The van der Waals surface area contributed by atoms with Crippen LogP contribution in [0.3, 0.4) is 0 Å². The fraction of sp³-hybridized carbons (Fsp3) is 0.100. The molecule has 0 fully saturated rings. The SMILES string of the molecule is CCn1c(Sc2ncnc3sc(-c4ccccc4)cc23)nnc1-c1ccco1. The Morgan fingerprint density at radius 2 is 1.96 bits per heavy atom. The third-order valence-corrected chi connectivity index (χ3v) is 6.41. The Kier molecular flexibility index (Phi) is 4.42. The molecule has 138 valence electrons. The van der Waals surface area contributed by atoms with Gasteiger partial charge in [-0.25, -0.2) is 9.97 Å². The maximum absolute atomic E-state index is 5.49. The summed E-state index contributed by atoms with van der Waals surface area (Å²) in [5.74, 6) is 1.42. The van der Waals surface area contributed by atoms with Crippen molar-refractivity contribution in [2.24, 2.45) is 0 Å². The van der Waals surface area contributed by atoms with Crippen molar-refractivity contribution < 1.29 is 4.42 Å². The van der Waals surface area contributed by atoms with Gasteiger partial charge >= 0.3 is 0 Å². The summed E-state index contributed by atoms with van der Waals surface area (Å²) in [6.07, 6.45) is 3.25. The highest BCUT2D eigenvalue weighted by molar-refractivity contribution is 7.99. The number of hydrogen-bond donors (Lipinski definition) is 0. The largest absolute Gasteiger partial charge is 0.461 e. The summed E-state index contributed by atoms with van der Waals surface area (Å²) in [7, 11) is 0. The molecule has 0 aliphatic rings. The van der Waals surface area contributed by atoms with Crippen LogP contribution in [0.4, 0.5) is 0 Å². The summed E-state index contributed by atoms with van der Waals surface area (Å²) >= 11 is 3.16. The summed E-state index contributed by atoms with van der Waals surface area (Å²) in [5.41, 5.74) is 1.18. The van der Waals surface area contributed by atoms with E-state index in [-0.39, 0.29) is 0 Å². The van der Waals surface area contributed by atoms with Gasteiger partial charge in [0, 0.05) is 16.8 Å². The van der Waals surface area contributed by atoms with E-state index < -0.39 is 0 Å². The standard InChI is InChI=1S/C20H15N5OS2/c1-2-25-17(15-9-6-10-26-15)23-24-20(25)28-19-14-11-16(13-7-4-3-5-8-13)27-18(14)21-12-22-19/h3-12H,2H2,1H3. The Labute approximate surface area is 169 Å². The molecule has 5 rings (SSSR count). The number of nitrogens with zero attached hydrogens (tertiary/aromatic N) is 5. The topological polar surface area (TPSA) is 69.6 Å². The molecule has 8 heteroatoms. The van der Waals surface area contributed by atoms with Crippen LogP contribution in [0, 0.1) is 0 Å². The van der Waals surface area contributed by atoms with E-state index in [1.807, 2.05) is 34.9 Å². The molecule has 0 bridgehead atoms. The number of furan rings is 1. The fourth-order valence-corrected chi connectivity index (χ4v) is 5.00. The zero-order valence-corrected chi connectivity index (χ0v) is 16.6. The quantitative estimate of drug-likeness (QED) is 0.366. The normalized spacial score (nSPS) is 11.3. The number of benzene rings is 1. The highest BCUT2D eigenvalue weighted by atomic mass is 32.2. The second-order valence-corrected chi connectivity index (χ2v) is 7.99. The zero-order chi connectivity index (χ0) is 18.9. The Hall–Kier alpha value is -2.97. The molecule has 0 aliphatic heterocycles. The van der Waals surface area contributed by atoms with Gasteiger partial charge in [0.2, 0.25) is 0 Å². The minimum Gasteiger partial charge on any atom is -0.461 e. The monoisotopic (exact) mass is 405 g/mol. The van der Waals surface area contributed by atoms with E-state index >= 15 is 0 Å². The van der Waals surface area contributed by atoms with Crippen molar-refractivity contribution in [2.45, 2.75) is 23.7 Å². The Bertz CT molecular complexity index is 1230. The Morgan fingerprint density at radius 1 is 1.07 bits per heavy atom. The fourth-order valence-electron chi connectivity index (χ4n) is 2.98. The lowest BCUT2D eigenvalue weighted by Crippen LogP contribution is -1.99. The first kappa shape index (κ1) is 17.2. The molecule has 0 N–H and O–H groups in total. The van der Waals surface area contributed by atoms with Gasteiger partial charge in [0.1, 0.15) is 16.2 Å². The molecule has 28 heavy (non-hydrogen) atoms. The summed E-state index contributed by atoms with van der Waals surface area (Å²) < 4.78 is 7.52. The molecule has 5 aromatic rings. The third kappa shape index (κ3) is 3.00. The van der Waals surface area contributed by atoms with E-state index in [1.165, 1.54) is 22.2 Å². The van der Waals surface area contributed by atoms with Crippen LogP contribution in [-0.4, -0.2) is 24.7 Å². The summed E-state index contributed by atoms with van der Waals surface area (Å²) in [4.78, 5) is 11.1. The van der Waals surface area contributed by atoms with Gasteiger partial charge in [0.15, 0.2) is 16.7 Å². The molecule has 4 heterocycles. The first-order valence-electron chi connectivity index (χ1n) is 8.78. The van der Waals surface area contributed by atoms with Crippen LogP contribution in [0.2, 0.25) is 0 Å². The predicted molar refractivity (Wildman–Crippen MR) is 110 cm³/mol. The molecule has 6 nitrogen and oxygen atoms in total. The Balaban J connectivity index is 1.55. The van der Waals surface area contributed by atoms with Crippen LogP contribution in [0.15, 0.2) is 75.7 Å². The highest BCUT2D eigenvalue weighted by Crippen LogP contribution is 2.38. The van der Waals surface area contributed by atoms with E-state index in [1.54, 1.807) is 23.9 Å². The van der Waals surface area contributed by atoms with E-state index in [0.717, 1.165) is 32.8 Å². The first-order valence-corrected chi connectivity index (χ1v) is 10.4. The lowest BCUT2D eigenvalue weighted by atomic mass is 10.2. The molecule has 4 aromatic heterocycles. The average Bonchev–Trinajstić information content (AvgIpc) is 3.48. The van der Waals surface area contributed by atoms with Crippen molar-refractivity contribution in [3.63, 3.8) is 0 Å². The zero-order valence-electron chi connectivity index (χ0n) is 14.9. The number of hydrogen-bond acceptors (Lipinski definition) is 7. The van der Waals surface area contributed by atoms with E-state index in [2.05, 4.69) is 45.3 Å². The lowest BCUT2D eigenvalue weighted by molar-refractivity contribution is 0.567. The molecule has 0 atom stereocenters. The molecule has 0 spiro atoms. The van der Waals surface area contributed by atoms with Gasteiger partial charge in [0.05, 0.1) is 6.26 Å². The number of fused-ring (bicyclic) bond motifs is 1. The van der Waals surface area contributed by atoms with Gasteiger partial charge in [-0.2, -0.15) is 0 Å². The van der Waals surface area contributed by atoms with Crippen LogP contribution in [0.1, 0.15) is 6.92 Å². The van der Waals surface area contributed by atoms with Gasteiger partial charge in [0.25, 0.3) is 0 Å². The number of aromatic nitrogens is 5. The molecule has 0 aliphatic carbocycles. The van der Waals surface area contributed by atoms with Crippen molar-refractivity contribution in [3.05, 3.63) is 61.1 Å². The molecule has 0 radical (unpaired) electrons. The third-order valence-electron chi connectivity index (χ3n) is 4.31. The van der Waals surface area contributed by atoms with Crippen LogP contribution in [0.25, 0.3) is 32.2 Å². The molecular formula is C20H15N5OS2. The second-order valence-electron chi connectivity index (χ2n) is 6.00. The lowest BCUT2D eigenvalue weighted by Gasteiger charge is -2.05. The molecule has 0 saturated carbocycles. The smallest absolute Gasteiger partial charge is 0.200 e. The van der Waals surface area contributed by atoms with Crippen LogP contribution >= 0.6 is 23.1 Å². The average molecular weight is 406 g/mol. The van der Waals surface area contributed by atoms with Gasteiger partial charge in [-0.1, -0.05) is 30.3 Å². The molecule has 0 unspecified atom stereocenters. The summed E-state index contributed by atoms with van der Waals surface area (Å²) in [5, 5.41) is 11.4. The van der Waals surface area contributed by atoms with Crippen LogP contribution in [0.5, 0.6) is 0 Å². The van der Waals surface area contributed by atoms with Crippen LogP contribution < -0.4 is 0 Å². The summed E-state index contributed by atoms with van der Waals surface area (Å²) in [6, 6.07) is 16.2. The minimum atomic E-state index is 0.705. The van der Waals surface area contributed by atoms with E-state index in [4.69, 9.17) is 4.42 Å². The molecular weight excluding hydrogens is 390 g/mol. The predicted octanol–water partition coefficient (Wildman–Crippen LogP) is 5.38. The van der Waals surface area contributed by atoms with Crippen molar-refractivity contribution in [1.29, 1.82) is 0 Å². The molecule has 0 amide bonds. The van der Waals surface area contributed by atoms with E-state index in [9.17, 15) is 0 Å². The van der Waals surface area contributed by atoms with Crippen molar-refractivity contribution in [2.75, 3.05) is 0 Å². The van der Waals surface area contributed by atoms with Gasteiger partial charge in [-0.3, -0.25) is 4.57 Å². The second kappa shape index (κ2) is 7.21. The van der Waals surface area contributed by atoms with Gasteiger partial charge in [-0.05, 0) is 42.4 Å².